The van der Waals surface area contributed by atoms with Crippen molar-refractivity contribution in [3.63, 3.8) is 0 Å². The number of carboxylic acid groups (broad SMARTS) is 1. The molecule has 6 heteroatoms. The van der Waals surface area contributed by atoms with E-state index in [-0.39, 0.29) is 12.3 Å². The van der Waals surface area contributed by atoms with E-state index in [0.717, 1.165) is 5.56 Å². The third-order valence-electron chi connectivity index (χ3n) is 3.34. The number of nitrogen functional groups attached to an aromatic ring is 1. The van der Waals surface area contributed by atoms with E-state index in [1.807, 2.05) is 30.3 Å². The zero-order valence-corrected chi connectivity index (χ0v) is 12.3. The largest absolute Gasteiger partial charge is 0.480 e. The van der Waals surface area contributed by atoms with Crippen LogP contribution in [0.3, 0.4) is 0 Å². The molecule has 2 aromatic carbocycles. The lowest BCUT2D eigenvalue weighted by Gasteiger charge is -2.15. The Kier molecular flexibility index (Phi) is 5.09. The van der Waals surface area contributed by atoms with Crippen LogP contribution in [0, 0.1) is 5.41 Å². The second-order valence-corrected chi connectivity index (χ2v) is 5.05. The fourth-order valence-corrected chi connectivity index (χ4v) is 2.09. The number of nitrogens with one attached hydrogen (secondary N) is 2. The Morgan fingerprint density at radius 1 is 1.04 bits per heavy atom. The molecule has 0 radical (unpaired) electrons. The number of hydrogen-bond donors (Lipinski definition) is 4. The number of amidine groups is 1. The second-order valence-electron chi connectivity index (χ2n) is 5.05. The molecule has 0 heterocycles. The summed E-state index contributed by atoms with van der Waals surface area (Å²) in [6, 6.07) is 14.2. The van der Waals surface area contributed by atoms with Gasteiger partial charge in [-0.1, -0.05) is 42.5 Å². The van der Waals surface area contributed by atoms with Gasteiger partial charge in [-0.3, -0.25) is 10.2 Å². The molecule has 0 aliphatic rings. The summed E-state index contributed by atoms with van der Waals surface area (Å²) in [6.07, 6.45) is 0.202. The average molecular weight is 311 g/mol. The van der Waals surface area contributed by atoms with Crippen LogP contribution >= 0.6 is 0 Å². The van der Waals surface area contributed by atoms with Gasteiger partial charge in [-0.25, -0.2) is 4.79 Å². The molecule has 0 fully saturated rings. The fraction of sp³-hybridized carbons (Fsp3) is 0.118. The number of nitrogens with two attached hydrogens (primary N) is 1. The molecule has 1 atom stereocenters. The minimum Gasteiger partial charge on any atom is -0.480 e. The van der Waals surface area contributed by atoms with Gasteiger partial charge in [0.05, 0.1) is 0 Å². The quantitative estimate of drug-likeness (QED) is 0.476. The normalized spacial score (nSPS) is 11.5. The van der Waals surface area contributed by atoms with Crippen LogP contribution in [0.15, 0.2) is 54.6 Å². The topological polar surface area (TPSA) is 116 Å². The molecule has 0 saturated heterocycles. The van der Waals surface area contributed by atoms with Crippen molar-refractivity contribution in [2.45, 2.75) is 12.5 Å². The summed E-state index contributed by atoms with van der Waals surface area (Å²) in [5, 5.41) is 19.1. The maximum Gasteiger partial charge on any atom is 0.326 e. The van der Waals surface area contributed by atoms with Gasteiger partial charge >= 0.3 is 5.97 Å². The summed E-state index contributed by atoms with van der Waals surface area (Å²) in [6.45, 7) is 0. The summed E-state index contributed by atoms with van der Waals surface area (Å²) in [5.74, 6) is -1.67. The van der Waals surface area contributed by atoms with Crippen LogP contribution in [-0.2, 0) is 11.2 Å². The predicted molar refractivity (Wildman–Crippen MR) is 86.5 cm³/mol. The smallest absolute Gasteiger partial charge is 0.326 e. The van der Waals surface area contributed by atoms with Gasteiger partial charge in [0.15, 0.2) is 0 Å². The highest BCUT2D eigenvalue weighted by Crippen LogP contribution is 2.07. The standard InChI is InChI=1S/C17H17N3O3/c18-15(19)12-6-8-13(9-7-12)16(21)20-14(17(22)23)10-11-4-2-1-3-5-11/h1-9,14H,10H2,(H3,18,19)(H,20,21)(H,22,23)/t14-/m0/s1. The minimum atomic E-state index is -1.09. The predicted octanol–water partition coefficient (Wildman–Crippen LogP) is 1.40. The Hall–Kier alpha value is -3.15. The van der Waals surface area contributed by atoms with E-state index in [1.54, 1.807) is 12.1 Å². The van der Waals surface area contributed by atoms with E-state index in [2.05, 4.69) is 5.32 Å². The van der Waals surface area contributed by atoms with Crippen LogP contribution in [0.1, 0.15) is 21.5 Å². The van der Waals surface area contributed by atoms with Gasteiger partial charge in [-0.05, 0) is 17.7 Å². The number of benzene rings is 2. The maximum atomic E-state index is 12.2. The lowest BCUT2D eigenvalue weighted by molar-refractivity contribution is -0.139. The number of hydrogen-bond acceptors (Lipinski definition) is 3. The Labute approximate surface area is 133 Å². The van der Waals surface area contributed by atoms with Gasteiger partial charge in [0.2, 0.25) is 0 Å². The first-order valence-electron chi connectivity index (χ1n) is 6.99. The molecule has 0 unspecified atom stereocenters. The SMILES string of the molecule is N=C(N)c1ccc(C(=O)N[C@@H](Cc2ccccc2)C(=O)O)cc1. The summed E-state index contributed by atoms with van der Waals surface area (Å²) in [5.41, 5.74) is 6.99. The molecule has 0 aliphatic heterocycles. The van der Waals surface area contributed by atoms with Crippen molar-refractivity contribution < 1.29 is 14.7 Å². The maximum absolute atomic E-state index is 12.2. The molecule has 2 aromatic rings. The Morgan fingerprint density at radius 3 is 2.13 bits per heavy atom. The summed E-state index contributed by atoms with van der Waals surface area (Å²) < 4.78 is 0. The van der Waals surface area contributed by atoms with Crippen molar-refractivity contribution in [2.24, 2.45) is 5.73 Å². The molecule has 23 heavy (non-hydrogen) atoms. The number of aliphatic carboxylic acids is 1. The molecule has 0 aliphatic carbocycles. The van der Waals surface area contributed by atoms with Crippen LogP contribution in [0.5, 0.6) is 0 Å². The van der Waals surface area contributed by atoms with Gasteiger partial charge in [0.1, 0.15) is 11.9 Å². The zero-order chi connectivity index (χ0) is 16.8. The van der Waals surface area contributed by atoms with Gasteiger partial charge in [-0.2, -0.15) is 0 Å². The van der Waals surface area contributed by atoms with Crippen molar-refractivity contribution in [3.8, 4) is 0 Å². The van der Waals surface area contributed by atoms with Crippen LogP contribution < -0.4 is 11.1 Å². The first-order chi connectivity index (χ1) is 11.0. The van der Waals surface area contributed by atoms with Crippen molar-refractivity contribution in [3.05, 3.63) is 71.3 Å². The number of carbonyl (C=O) groups excluding carboxylic acids is 1. The van der Waals surface area contributed by atoms with E-state index < -0.39 is 17.9 Å². The molecule has 5 N–H and O–H groups in total. The Balaban J connectivity index is 2.08. The number of carboxylic acids is 1. The first kappa shape index (κ1) is 16.2. The van der Waals surface area contributed by atoms with Crippen LogP contribution in [-0.4, -0.2) is 28.9 Å². The average Bonchev–Trinajstić information content (AvgIpc) is 2.55. The molecule has 0 bridgehead atoms. The highest BCUT2D eigenvalue weighted by Gasteiger charge is 2.21. The highest BCUT2D eigenvalue weighted by atomic mass is 16.4. The van der Waals surface area contributed by atoms with Crippen LogP contribution in [0.2, 0.25) is 0 Å². The molecule has 0 aromatic heterocycles. The first-order valence-corrected chi connectivity index (χ1v) is 6.99. The molecule has 0 spiro atoms. The van der Waals surface area contributed by atoms with Crippen molar-refractivity contribution in [1.29, 1.82) is 5.41 Å². The summed E-state index contributed by atoms with van der Waals surface area (Å²) in [7, 11) is 0. The van der Waals surface area contributed by atoms with E-state index in [9.17, 15) is 14.7 Å². The van der Waals surface area contributed by atoms with Gasteiger partial charge < -0.3 is 16.2 Å². The molecule has 0 saturated carbocycles. The lowest BCUT2D eigenvalue weighted by Crippen LogP contribution is -2.42. The minimum absolute atomic E-state index is 0.0931. The van der Waals surface area contributed by atoms with E-state index in [1.165, 1.54) is 12.1 Å². The van der Waals surface area contributed by atoms with Crippen molar-refractivity contribution >= 4 is 17.7 Å². The second kappa shape index (κ2) is 7.22. The third kappa shape index (κ3) is 4.41. The molecular formula is C17H17N3O3. The molecule has 118 valence electrons. The fourth-order valence-electron chi connectivity index (χ4n) is 2.09. The van der Waals surface area contributed by atoms with Gasteiger partial charge in [0.25, 0.3) is 5.91 Å². The van der Waals surface area contributed by atoms with Crippen molar-refractivity contribution in [1.82, 2.24) is 5.32 Å². The molecule has 2 rings (SSSR count). The Bertz CT molecular complexity index is 712. The third-order valence-corrected chi connectivity index (χ3v) is 3.34. The lowest BCUT2D eigenvalue weighted by atomic mass is 10.1. The number of amides is 1. The summed E-state index contributed by atoms with van der Waals surface area (Å²) in [4.78, 5) is 23.5. The van der Waals surface area contributed by atoms with Gasteiger partial charge in [-0.15, -0.1) is 0 Å². The van der Waals surface area contributed by atoms with Gasteiger partial charge in [0, 0.05) is 17.5 Å². The molecule has 6 nitrogen and oxygen atoms in total. The number of carbonyl (C=O) groups is 2. The van der Waals surface area contributed by atoms with E-state index in [4.69, 9.17) is 11.1 Å². The molecular weight excluding hydrogens is 294 g/mol. The van der Waals surface area contributed by atoms with Crippen molar-refractivity contribution in [2.75, 3.05) is 0 Å². The van der Waals surface area contributed by atoms with E-state index >= 15 is 0 Å². The summed E-state index contributed by atoms with van der Waals surface area (Å²) >= 11 is 0. The highest BCUT2D eigenvalue weighted by molar-refractivity contribution is 5.99. The Morgan fingerprint density at radius 2 is 1.61 bits per heavy atom. The van der Waals surface area contributed by atoms with Crippen LogP contribution in [0.4, 0.5) is 0 Å². The monoisotopic (exact) mass is 311 g/mol. The van der Waals surface area contributed by atoms with Crippen LogP contribution in [0.25, 0.3) is 0 Å². The zero-order valence-electron chi connectivity index (χ0n) is 12.3. The molecule has 1 amide bonds. The number of rotatable bonds is 6. The van der Waals surface area contributed by atoms with E-state index in [0.29, 0.717) is 11.1 Å².